The highest BCUT2D eigenvalue weighted by Crippen LogP contribution is 2.39. The summed E-state index contributed by atoms with van der Waals surface area (Å²) < 4.78 is 25.3. The number of halogens is 1. The molecule has 0 spiro atoms. The number of alkyl halides is 1. The lowest BCUT2D eigenvalue weighted by atomic mass is 10.1. The van der Waals surface area contributed by atoms with E-state index in [2.05, 4.69) is 20.8 Å². The Hall–Kier alpha value is -0.773. The second-order valence-corrected chi connectivity index (χ2v) is 11.2. The highest BCUT2D eigenvalue weighted by Gasteiger charge is 2.47. The molecule has 0 aromatic rings. The van der Waals surface area contributed by atoms with E-state index in [-0.39, 0.29) is 18.1 Å². The lowest BCUT2D eigenvalue weighted by Crippen LogP contribution is -2.47. The van der Waals surface area contributed by atoms with Crippen LogP contribution in [0, 0.1) is 11.3 Å². The highest BCUT2D eigenvalue weighted by atomic mass is 28.4. The SMILES string of the molecule is CC(C)(C)[Si](C)(C)O[C@@H]1CO[C@@H](C(=O)CC#N)[C@H]1F. The Morgan fingerprint density at radius 3 is 2.58 bits per heavy atom. The molecule has 0 aliphatic carbocycles. The van der Waals surface area contributed by atoms with Gasteiger partial charge in [-0.25, -0.2) is 4.39 Å². The molecule has 1 saturated heterocycles. The van der Waals surface area contributed by atoms with Crippen LogP contribution >= 0.6 is 0 Å². The highest BCUT2D eigenvalue weighted by molar-refractivity contribution is 6.74. The molecule has 0 unspecified atom stereocenters. The van der Waals surface area contributed by atoms with Gasteiger partial charge in [0.25, 0.3) is 0 Å². The molecule has 1 fully saturated rings. The molecule has 1 rings (SSSR count). The van der Waals surface area contributed by atoms with E-state index in [0.29, 0.717) is 0 Å². The summed E-state index contributed by atoms with van der Waals surface area (Å²) in [6, 6.07) is 1.72. The predicted octanol–water partition coefficient (Wildman–Crippen LogP) is 2.60. The van der Waals surface area contributed by atoms with Gasteiger partial charge < -0.3 is 9.16 Å². The van der Waals surface area contributed by atoms with Crippen LogP contribution in [0.15, 0.2) is 0 Å². The molecule has 0 amide bonds. The summed E-state index contributed by atoms with van der Waals surface area (Å²) >= 11 is 0. The largest absolute Gasteiger partial charge is 0.408 e. The van der Waals surface area contributed by atoms with Gasteiger partial charge in [-0.3, -0.25) is 4.79 Å². The summed E-state index contributed by atoms with van der Waals surface area (Å²) in [7, 11) is -2.09. The minimum absolute atomic E-state index is 0.0263. The van der Waals surface area contributed by atoms with Crippen molar-refractivity contribution in [2.45, 2.75) is 63.7 Å². The molecule has 108 valence electrons. The van der Waals surface area contributed by atoms with Crippen LogP contribution in [-0.2, 0) is 14.0 Å². The van der Waals surface area contributed by atoms with Crippen LogP contribution in [0.3, 0.4) is 0 Å². The van der Waals surface area contributed by atoms with Crippen LogP contribution in [0.25, 0.3) is 0 Å². The molecule has 0 saturated carbocycles. The Morgan fingerprint density at radius 2 is 2.11 bits per heavy atom. The van der Waals surface area contributed by atoms with Gasteiger partial charge in [0.1, 0.15) is 6.10 Å². The molecule has 0 bridgehead atoms. The lowest BCUT2D eigenvalue weighted by Gasteiger charge is -2.38. The van der Waals surface area contributed by atoms with Crippen molar-refractivity contribution in [1.82, 2.24) is 0 Å². The van der Waals surface area contributed by atoms with E-state index >= 15 is 0 Å². The summed E-state index contributed by atoms with van der Waals surface area (Å²) in [5, 5.41) is 8.44. The number of hydrogen-bond acceptors (Lipinski definition) is 4. The minimum Gasteiger partial charge on any atom is -0.408 e. The van der Waals surface area contributed by atoms with Gasteiger partial charge in [0.05, 0.1) is 19.1 Å². The number of nitriles is 1. The van der Waals surface area contributed by atoms with Crippen molar-refractivity contribution in [2.75, 3.05) is 6.61 Å². The topological polar surface area (TPSA) is 59.3 Å². The average Bonchev–Trinajstić information content (AvgIpc) is 2.59. The van der Waals surface area contributed by atoms with Crippen molar-refractivity contribution < 1.29 is 18.3 Å². The number of ketones is 1. The third-order valence-corrected chi connectivity index (χ3v) is 8.41. The minimum atomic E-state index is -2.09. The fourth-order valence-corrected chi connectivity index (χ4v) is 2.99. The smallest absolute Gasteiger partial charge is 0.192 e. The van der Waals surface area contributed by atoms with Crippen molar-refractivity contribution in [3.05, 3.63) is 0 Å². The van der Waals surface area contributed by atoms with Gasteiger partial charge in [0.15, 0.2) is 26.4 Å². The molecule has 19 heavy (non-hydrogen) atoms. The third-order valence-electron chi connectivity index (χ3n) is 3.91. The van der Waals surface area contributed by atoms with E-state index in [1.54, 1.807) is 6.07 Å². The maximum Gasteiger partial charge on any atom is 0.192 e. The number of Topliss-reactive ketones (excluding diaryl/α,β-unsaturated/α-hetero) is 1. The van der Waals surface area contributed by atoms with E-state index in [1.165, 1.54) is 0 Å². The molecular formula is C13H22FNO3Si. The molecule has 4 nitrogen and oxygen atoms in total. The predicted molar refractivity (Wildman–Crippen MR) is 71.9 cm³/mol. The van der Waals surface area contributed by atoms with Crippen molar-refractivity contribution in [3.63, 3.8) is 0 Å². The number of ether oxygens (including phenoxy) is 1. The Bertz CT molecular complexity index is 386. The second-order valence-electron chi connectivity index (χ2n) is 6.42. The van der Waals surface area contributed by atoms with E-state index in [0.717, 1.165) is 0 Å². The first kappa shape index (κ1) is 16.3. The number of nitrogens with zero attached hydrogens (tertiary/aromatic N) is 1. The second kappa shape index (κ2) is 5.69. The molecule has 3 atom stereocenters. The summed E-state index contributed by atoms with van der Waals surface area (Å²) in [5.74, 6) is -0.503. The van der Waals surface area contributed by atoms with Gasteiger partial charge in [-0.1, -0.05) is 20.8 Å². The van der Waals surface area contributed by atoms with E-state index in [1.807, 2.05) is 13.1 Å². The molecule has 1 aliphatic rings. The Balaban J connectivity index is 2.69. The molecule has 0 radical (unpaired) electrons. The summed E-state index contributed by atoms with van der Waals surface area (Å²) in [6.45, 7) is 10.4. The van der Waals surface area contributed by atoms with Gasteiger partial charge >= 0.3 is 0 Å². The quantitative estimate of drug-likeness (QED) is 0.746. The lowest BCUT2D eigenvalue weighted by molar-refractivity contribution is -0.128. The number of rotatable bonds is 4. The number of carbonyl (C=O) groups excluding carboxylic acids is 1. The van der Waals surface area contributed by atoms with Crippen molar-refractivity contribution in [1.29, 1.82) is 5.26 Å². The van der Waals surface area contributed by atoms with Crippen LogP contribution in [0.1, 0.15) is 27.2 Å². The number of carbonyl (C=O) groups is 1. The van der Waals surface area contributed by atoms with Gasteiger partial charge in [-0.05, 0) is 18.1 Å². The molecule has 0 aromatic heterocycles. The first-order valence-electron chi connectivity index (χ1n) is 6.43. The van der Waals surface area contributed by atoms with Crippen molar-refractivity contribution in [2.24, 2.45) is 0 Å². The summed E-state index contributed by atoms with van der Waals surface area (Å²) in [4.78, 5) is 11.5. The maximum absolute atomic E-state index is 14.2. The molecular weight excluding hydrogens is 265 g/mol. The van der Waals surface area contributed by atoms with E-state index < -0.39 is 32.5 Å². The van der Waals surface area contributed by atoms with E-state index in [4.69, 9.17) is 14.4 Å². The van der Waals surface area contributed by atoms with Crippen LogP contribution in [0.4, 0.5) is 4.39 Å². The Kier molecular flexibility index (Phi) is 4.88. The standard InChI is InChI=1S/C13H22FNO3Si/c1-13(2,3)19(4,5)18-10-8-17-12(11(10)14)9(16)6-7-15/h10-12H,6,8H2,1-5H3/t10-,11+,12+/m1/s1. The first-order valence-corrected chi connectivity index (χ1v) is 9.34. The first-order chi connectivity index (χ1) is 8.60. The monoisotopic (exact) mass is 287 g/mol. The van der Waals surface area contributed by atoms with Gasteiger partial charge in [0, 0.05) is 0 Å². The average molecular weight is 287 g/mol. The maximum atomic E-state index is 14.2. The van der Waals surface area contributed by atoms with Gasteiger partial charge in [0.2, 0.25) is 0 Å². The summed E-state index contributed by atoms with van der Waals surface area (Å²) in [6.07, 6.45) is -3.64. The van der Waals surface area contributed by atoms with Gasteiger partial charge in [-0.2, -0.15) is 5.26 Å². The normalized spacial score (nSPS) is 28.2. The zero-order valence-electron chi connectivity index (χ0n) is 12.2. The number of hydrogen-bond donors (Lipinski definition) is 0. The van der Waals surface area contributed by atoms with E-state index in [9.17, 15) is 9.18 Å². The van der Waals surface area contributed by atoms with Crippen LogP contribution in [0.5, 0.6) is 0 Å². The Morgan fingerprint density at radius 1 is 1.53 bits per heavy atom. The molecule has 1 heterocycles. The Labute approximate surface area is 115 Å². The molecule has 1 aliphatic heterocycles. The fraction of sp³-hybridized carbons (Fsp3) is 0.846. The zero-order chi connectivity index (χ0) is 14.8. The summed E-state index contributed by atoms with van der Waals surface area (Å²) in [5.41, 5.74) is 0. The van der Waals surface area contributed by atoms with Crippen molar-refractivity contribution in [3.8, 4) is 6.07 Å². The van der Waals surface area contributed by atoms with Crippen molar-refractivity contribution >= 4 is 14.1 Å². The third kappa shape index (κ3) is 3.62. The van der Waals surface area contributed by atoms with Crippen LogP contribution in [-0.4, -0.2) is 39.1 Å². The zero-order valence-corrected chi connectivity index (χ0v) is 13.2. The molecule has 0 N–H and O–H groups in total. The van der Waals surface area contributed by atoms with Crippen LogP contribution < -0.4 is 0 Å². The molecule has 6 heteroatoms. The fourth-order valence-electron chi connectivity index (χ4n) is 1.68. The van der Waals surface area contributed by atoms with Gasteiger partial charge in [-0.15, -0.1) is 0 Å². The van der Waals surface area contributed by atoms with Crippen LogP contribution in [0.2, 0.25) is 18.1 Å². The molecule has 0 aromatic carbocycles.